The van der Waals surface area contributed by atoms with Crippen molar-refractivity contribution in [3.05, 3.63) is 58.7 Å². The van der Waals surface area contributed by atoms with Crippen LogP contribution in [0.1, 0.15) is 34.8 Å². The van der Waals surface area contributed by atoms with Crippen LogP contribution in [-0.2, 0) is 19.4 Å². The van der Waals surface area contributed by atoms with E-state index in [-0.39, 0.29) is 12.0 Å². The van der Waals surface area contributed by atoms with Crippen molar-refractivity contribution in [1.82, 2.24) is 20.1 Å². The molecule has 1 aliphatic carbocycles. The van der Waals surface area contributed by atoms with Gasteiger partial charge in [-0.3, -0.25) is 5.32 Å². The van der Waals surface area contributed by atoms with Gasteiger partial charge in [0.1, 0.15) is 5.76 Å². The number of fused-ring (bicyclic) bond motifs is 1. The van der Waals surface area contributed by atoms with E-state index in [1.54, 1.807) is 0 Å². The van der Waals surface area contributed by atoms with Gasteiger partial charge in [0.15, 0.2) is 0 Å². The van der Waals surface area contributed by atoms with Crippen molar-refractivity contribution in [3.63, 3.8) is 0 Å². The zero-order valence-corrected chi connectivity index (χ0v) is 14.9. The van der Waals surface area contributed by atoms with Crippen molar-refractivity contribution in [2.75, 3.05) is 5.32 Å². The minimum absolute atomic E-state index is 0.206. The Bertz CT molecular complexity index is 923. The molecule has 0 saturated carbocycles. The normalized spacial score (nSPS) is 12.8. The molecule has 1 aromatic carbocycles. The van der Waals surface area contributed by atoms with Gasteiger partial charge in [-0.25, -0.2) is 9.48 Å². The van der Waals surface area contributed by atoms with E-state index in [4.69, 9.17) is 9.52 Å². The van der Waals surface area contributed by atoms with Crippen LogP contribution in [0.2, 0.25) is 0 Å². The Labute approximate surface area is 151 Å². The highest BCUT2D eigenvalue weighted by atomic mass is 16.4. The fourth-order valence-electron chi connectivity index (χ4n) is 3.27. The van der Waals surface area contributed by atoms with Crippen molar-refractivity contribution in [1.29, 1.82) is 0 Å². The van der Waals surface area contributed by atoms with Crippen LogP contribution in [0.15, 0.2) is 34.7 Å². The van der Waals surface area contributed by atoms with E-state index in [0.29, 0.717) is 12.3 Å². The quantitative estimate of drug-likeness (QED) is 0.755. The molecule has 0 unspecified atom stereocenters. The SMILES string of the molecule is Cc1nc(NC(=O)NCc2nn(-c3ccccc3)c3c2CCC3)oc1C. The largest absolute Gasteiger partial charge is 0.428 e. The van der Waals surface area contributed by atoms with E-state index in [0.717, 1.165) is 36.3 Å². The number of benzene rings is 1. The van der Waals surface area contributed by atoms with Gasteiger partial charge in [-0.1, -0.05) is 18.2 Å². The van der Waals surface area contributed by atoms with Gasteiger partial charge >= 0.3 is 12.0 Å². The summed E-state index contributed by atoms with van der Waals surface area (Å²) in [5.74, 6) is 0.694. The number of hydrogen-bond acceptors (Lipinski definition) is 4. The van der Waals surface area contributed by atoms with Crippen molar-refractivity contribution < 1.29 is 9.21 Å². The number of aromatic nitrogens is 3. The number of urea groups is 1. The number of para-hydroxylation sites is 1. The number of carbonyl (C=O) groups is 1. The van der Waals surface area contributed by atoms with E-state index in [1.807, 2.05) is 48.9 Å². The predicted molar refractivity (Wildman–Crippen MR) is 97.4 cm³/mol. The average Bonchev–Trinajstić information content (AvgIpc) is 3.30. The zero-order chi connectivity index (χ0) is 18.1. The lowest BCUT2D eigenvalue weighted by molar-refractivity contribution is 0.251. The maximum Gasteiger partial charge on any atom is 0.323 e. The van der Waals surface area contributed by atoms with Gasteiger partial charge in [0.25, 0.3) is 0 Å². The molecule has 7 nitrogen and oxygen atoms in total. The van der Waals surface area contributed by atoms with Crippen molar-refractivity contribution >= 4 is 12.0 Å². The fourth-order valence-corrected chi connectivity index (χ4v) is 3.27. The summed E-state index contributed by atoms with van der Waals surface area (Å²) in [5, 5.41) is 10.2. The Morgan fingerprint density at radius 1 is 1.23 bits per heavy atom. The number of amides is 2. The summed E-state index contributed by atoms with van der Waals surface area (Å²) in [4.78, 5) is 16.3. The predicted octanol–water partition coefficient (Wildman–Crippen LogP) is 3.29. The number of carbonyl (C=O) groups excluding carboxylic acids is 1. The Morgan fingerprint density at radius 3 is 2.77 bits per heavy atom. The van der Waals surface area contributed by atoms with Crippen molar-refractivity contribution in [3.8, 4) is 5.69 Å². The zero-order valence-electron chi connectivity index (χ0n) is 14.9. The lowest BCUT2D eigenvalue weighted by Crippen LogP contribution is -2.28. The van der Waals surface area contributed by atoms with E-state index in [2.05, 4.69) is 15.6 Å². The lowest BCUT2D eigenvalue weighted by Gasteiger charge is -2.05. The summed E-state index contributed by atoms with van der Waals surface area (Å²) < 4.78 is 7.37. The highest BCUT2D eigenvalue weighted by Gasteiger charge is 2.23. The Hall–Kier alpha value is -3.09. The maximum atomic E-state index is 12.1. The van der Waals surface area contributed by atoms with Crippen molar-refractivity contribution in [2.45, 2.75) is 39.7 Å². The Morgan fingerprint density at radius 2 is 2.04 bits per heavy atom. The molecule has 0 aliphatic heterocycles. The van der Waals surface area contributed by atoms with E-state index < -0.39 is 0 Å². The molecule has 3 aromatic rings. The van der Waals surface area contributed by atoms with Gasteiger partial charge in [-0.15, -0.1) is 0 Å². The average molecular weight is 351 g/mol. The third-order valence-corrected chi connectivity index (χ3v) is 4.68. The fraction of sp³-hybridized carbons (Fsp3) is 0.316. The van der Waals surface area contributed by atoms with Gasteiger partial charge in [0.05, 0.1) is 23.6 Å². The second-order valence-electron chi connectivity index (χ2n) is 6.44. The Balaban J connectivity index is 1.48. The van der Waals surface area contributed by atoms with Crippen LogP contribution in [0.4, 0.5) is 10.8 Å². The van der Waals surface area contributed by atoms with Gasteiger partial charge in [0.2, 0.25) is 0 Å². The first-order valence-electron chi connectivity index (χ1n) is 8.76. The molecule has 134 valence electrons. The van der Waals surface area contributed by atoms with Crippen LogP contribution >= 0.6 is 0 Å². The van der Waals surface area contributed by atoms with Crippen LogP contribution in [0, 0.1) is 13.8 Å². The number of oxazole rings is 1. The van der Waals surface area contributed by atoms with Crippen LogP contribution in [-0.4, -0.2) is 20.8 Å². The first kappa shape index (κ1) is 16.4. The molecule has 2 amide bonds. The first-order valence-corrected chi connectivity index (χ1v) is 8.76. The monoisotopic (exact) mass is 351 g/mol. The van der Waals surface area contributed by atoms with Gasteiger partial charge in [0, 0.05) is 5.69 Å². The van der Waals surface area contributed by atoms with Crippen LogP contribution in [0.5, 0.6) is 0 Å². The molecule has 0 atom stereocenters. The molecule has 7 heteroatoms. The molecule has 0 saturated heterocycles. The van der Waals surface area contributed by atoms with Crippen LogP contribution in [0.25, 0.3) is 5.69 Å². The molecule has 2 aromatic heterocycles. The molecule has 26 heavy (non-hydrogen) atoms. The molecule has 4 rings (SSSR count). The topological polar surface area (TPSA) is 85.0 Å². The molecule has 0 bridgehead atoms. The molecule has 0 radical (unpaired) electrons. The summed E-state index contributed by atoms with van der Waals surface area (Å²) in [5.41, 5.74) is 5.22. The molecule has 0 fully saturated rings. The molecule has 2 N–H and O–H groups in total. The first-order chi connectivity index (χ1) is 12.6. The number of hydrogen-bond donors (Lipinski definition) is 2. The Kier molecular flexibility index (Phi) is 4.20. The number of nitrogens with one attached hydrogen (secondary N) is 2. The second kappa shape index (κ2) is 6.67. The summed E-state index contributed by atoms with van der Waals surface area (Å²) in [6.07, 6.45) is 3.13. The number of anilines is 1. The highest BCUT2D eigenvalue weighted by Crippen LogP contribution is 2.27. The summed E-state index contributed by atoms with van der Waals surface area (Å²) in [6, 6.07) is 9.94. The minimum atomic E-state index is -0.354. The molecule has 2 heterocycles. The van der Waals surface area contributed by atoms with E-state index in [1.165, 1.54) is 11.3 Å². The maximum absolute atomic E-state index is 12.1. The molecule has 0 spiro atoms. The van der Waals surface area contributed by atoms with E-state index >= 15 is 0 Å². The van der Waals surface area contributed by atoms with Gasteiger partial charge in [-0.05, 0) is 50.8 Å². The smallest absolute Gasteiger partial charge is 0.323 e. The third kappa shape index (κ3) is 3.08. The summed E-state index contributed by atoms with van der Waals surface area (Å²) in [6.45, 7) is 4.01. The molecule has 1 aliphatic rings. The molecular weight excluding hydrogens is 330 g/mol. The standard InChI is InChI=1S/C19H21N5O2/c1-12-13(2)26-19(21-12)22-18(25)20-11-16-15-9-6-10-17(15)24(23-16)14-7-4-3-5-8-14/h3-5,7-8H,6,9-11H2,1-2H3,(H2,20,21,22,25). The number of nitrogens with zero attached hydrogens (tertiary/aromatic N) is 3. The van der Waals surface area contributed by atoms with Crippen molar-refractivity contribution in [2.24, 2.45) is 0 Å². The second-order valence-corrected chi connectivity index (χ2v) is 6.44. The van der Waals surface area contributed by atoms with Gasteiger partial charge < -0.3 is 9.73 Å². The third-order valence-electron chi connectivity index (χ3n) is 4.68. The van der Waals surface area contributed by atoms with Crippen LogP contribution < -0.4 is 10.6 Å². The molecular formula is C19H21N5O2. The summed E-state index contributed by atoms with van der Waals surface area (Å²) in [7, 11) is 0. The minimum Gasteiger partial charge on any atom is -0.428 e. The highest BCUT2D eigenvalue weighted by molar-refractivity contribution is 5.86. The lowest BCUT2D eigenvalue weighted by atomic mass is 10.2. The number of rotatable bonds is 4. The van der Waals surface area contributed by atoms with Crippen LogP contribution in [0.3, 0.4) is 0 Å². The number of aryl methyl sites for hydroxylation is 2. The van der Waals surface area contributed by atoms with E-state index in [9.17, 15) is 4.79 Å². The van der Waals surface area contributed by atoms with Gasteiger partial charge in [-0.2, -0.15) is 10.1 Å². The summed E-state index contributed by atoms with van der Waals surface area (Å²) >= 11 is 0.